The molecule has 0 aromatic carbocycles. The Bertz CT molecular complexity index is 269. The molecule has 0 aliphatic heterocycles. The summed E-state index contributed by atoms with van der Waals surface area (Å²) in [5.74, 6) is 0. The standard InChI is InChI=1S/C9H8S/c1-6-2-3-8-7(6)4-5-9(8)10/h2-5,10H,1H3. The van der Waals surface area contributed by atoms with E-state index in [1.54, 1.807) is 0 Å². The second kappa shape index (κ2) is 1.89. The van der Waals surface area contributed by atoms with Crippen LogP contribution in [0, 0.1) is 0 Å². The summed E-state index contributed by atoms with van der Waals surface area (Å²) in [6.07, 6.45) is 8.41. The van der Waals surface area contributed by atoms with E-state index in [1.165, 1.54) is 16.7 Å². The topological polar surface area (TPSA) is 0 Å². The lowest BCUT2D eigenvalue weighted by atomic mass is 10.1. The summed E-state index contributed by atoms with van der Waals surface area (Å²) < 4.78 is 0. The zero-order chi connectivity index (χ0) is 7.14. The normalized spacial score (nSPS) is 21.4. The summed E-state index contributed by atoms with van der Waals surface area (Å²) >= 11 is 4.31. The first-order valence-electron chi connectivity index (χ1n) is 3.29. The van der Waals surface area contributed by atoms with Gasteiger partial charge < -0.3 is 0 Å². The van der Waals surface area contributed by atoms with Crippen LogP contribution in [0.25, 0.3) is 0 Å². The molecule has 0 nitrogen and oxygen atoms in total. The van der Waals surface area contributed by atoms with Gasteiger partial charge in [-0.15, -0.1) is 12.6 Å². The average Bonchev–Trinajstić information content (AvgIpc) is 2.41. The van der Waals surface area contributed by atoms with Gasteiger partial charge >= 0.3 is 0 Å². The molecule has 0 aromatic heterocycles. The van der Waals surface area contributed by atoms with Crippen LogP contribution in [-0.2, 0) is 0 Å². The van der Waals surface area contributed by atoms with E-state index in [0.717, 1.165) is 4.91 Å². The zero-order valence-corrected chi connectivity index (χ0v) is 6.65. The van der Waals surface area contributed by atoms with Crippen LogP contribution in [0.15, 0.2) is 45.9 Å². The summed E-state index contributed by atoms with van der Waals surface area (Å²) in [5.41, 5.74) is 3.96. The number of hydrogen-bond acceptors (Lipinski definition) is 1. The van der Waals surface area contributed by atoms with Gasteiger partial charge in [0.05, 0.1) is 0 Å². The third kappa shape index (κ3) is 0.641. The minimum Gasteiger partial charge on any atom is -0.143 e. The van der Waals surface area contributed by atoms with Gasteiger partial charge in [-0.05, 0) is 29.7 Å². The molecule has 0 heterocycles. The van der Waals surface area contributed by atoms with Gasteiger partial charge in [-0.2, -0.15) is 0 Å². The summed E-state index contributed by atoms with van der Waals surface area (Å²) in [6.45, 7) is 2.12. The van der Waals surface area contributed by atoms with E-state index in [9.17, 15) is 0 Å². The molecule has 0 radical (unpaired) electrons. The second-order valence-electron chi connectivity index (χ2n) is 2.56. The molecule has 50 valence electrons. The highest BCUT2D eigenvalue weighted by Gasteiger charge is 2.16. The maximum Gasteiger partial charge on any atom is 0.0119 e. The van der Waals surface area contributed by atoms with Crippen molar-refractivity contribution in [2.24, 2.45) is 0 Å². The predicted molar refractivity (Wildman–Crippen MR) is 47.0 cm³/mol. The molecule has 0 N–H and O–H groups in total. The SMILES string of the molecule is CC1=CC=C2C(S)=CC=C12. The van der Waals surface area contributed by atoms with Gasteiger partial charge in [0.15, 0.2) is 0 Å². The van der Waals surface area contributed by atoms with Gasteiger partial charge in [-0.25, -0.2) is 0 Å². The molecule has 0 saturated heterocycles. The van der Waals surface area contributed by atoms with Crippen LogP contribution in [0.2, 0.25) is 0 Å². The summed E-state index contributed by atoms with van der Waals surface area (Å²) in [5, 5.41) is 0. The molecule has 0 atom stereocenters. The summed E-state index contributed by atoms with van der Waals surface area (Å²) in [7, 11) is 0. The van der Waals surface area contributed by atoms with Crippen molar-refractivity contribution in [3.05, 3.63) is 45.9 Å². The summed E-state index contributed by atoms with van der Waals surface area (Å²) in [6, 6.07) is 0. The van der Waals surface area contributed by atoms with Crippen LogP contribution in [-0.4, -0.2) is 0 Å². The van der Waals surface area contributed by atoms with Crippen LogP contribution in [0.3, 0.4) is 0 Å². The van der Waals surface area contributed by atoms with Crippen LogP contribution in [0.5, 0.6) is 0 Å². The minimum absolute atomic E-state index is 1.09. The number of allylic oxidation sites excluding steroid dienone is 7. The fraction of sp³-hybridized carbons (Fsp3) is 0.111. The Morgan fingerprint density at radius 3 is 2.40 bits per heavy atom. The first-order valence-corrected chi connectivity index (χ1v) is 3.74. The highest BCUT2D eigenvalue weighted by Crippen LogP contribution is 2.36. The molecular formula is C9H8S. The zero-order valence-electron chi connectivity index (χ0n) is 5.76. The molecule has 0 amide bonds. The van der Waals surface area contributed by atoms with Crippen molar-refractivity contribution >= 4 is 12.6 Å². The highest BCUT2D eigenvalue weighted by molar-refractivity contribution is 7.84. The smallest absolute Gasteiger partial charge is 0.0119 e. The Balaban J connectivity index is 2.49. The van der Waals surface area contributed by atoms with Crippen molar-refractivity contribution in [3.63, 3.8) is 0 Å². The Labute approximate surface area is 66.0 Å². The van der Waals surface area contributed by atoms with Crippen molar-refractivity contribution in [1.29, 1.82) is 0 Å². The van der Waals surface area contributed by atoms with Crippen molar-refractivity contribution in [2.45, 2.75) is 6.92 Å². The third-order valence-electron chi connectivity index (χ3n) is 1.90. The highest BCUT2D eigenvalue weighted by atomic mass is 32.1. The summed E-state index contributed by atoms with van der Waals surface area (Å²) in [4.78, 5) is 1.09. The molecule has 0 unspecified atom stereocenters. The van der Waals surface area contributed by atoms with Gasteiger partial charge in [0, 0.05) is 4.91 Å². The lowest BCUT2D eigenvalue weighted by molar-refractivity contribution is 1.45. The van der Waals surface area contributed by atoms with E-state index in [-0.39, 0.29) is 0 Å². The fourth-order valence-electron chi connectivity index (χ4n) is 1.30. The van der Waals surface area contributed by atoms with Gasteiger partial charge in [0.1, 0.15) is 0 Å². The lowest BCUT2D eigenvalue weighted by Gasteiger charge is -1.98. The molecule has 0 spiro atoms. The van der Waals surface area contributed by atoms with Crippen molar-refractivity contribution < 1.29 is 0 Å². The quantitative estimate of drug-likeness (QED) is 0.501. The first kappa shape index (κ1) is 6.05. The number of hydrogen-bond donors (Lipinski definition) is 1. The Morgan fingerprint density at radius 1 is 1.00 bits per heavy atom. The van der Waals surface area contributed by atoms with Crippen molar-refractivity contribution in [3.8, 4) is 0 Å². The monoisotopic (exact) mass is 148 g/mol. The van der Waals surface area contributed by atoms with Crippen LogP contribution in [0.4, 0.5) is 0 Å². The molecule has 10 heavy (non-hydrogen) atoms. The van der Waals surface area contributed by atoms with E-state index in [2.05, 4.69) is 37.8 Å². The molecule has 0 saturated carbocycles. The van der Waals surface area contributed by atoms with Gasteiger partial charge in [0.25, 0.3) is 0 Å². The lowest BCUT2D eigenvalue weighted by Crippen LogP contribution is -1.79. The van der Waals surface area contributed by atoms with Crippen LogP contribution in [0.1, 0.15) is 6.92 Å². The van der Waals surface area contributed by atoms with Crippen molar-refractivity contribution in [2.75, 3.05) is 0 Å². The van der Waals surface area contributed by atoms with E-state index in [4.69, 9.17) is 0 Å². The van der Waals surface area contributed by atoms with Crippen molar-refractivity contribution in [1.82, 2.24) is 0 Å². The number of rotatable bonds is 0. The van der Waals surface area contributed by atoms with Crippen LogP contribution >= 0.6 is 12.6 Å². The van der Waals surface area contributed by atoms with Gasteiger partial charge in [-0.1, -0.05) is 18.2 Å². The van der Waals surface area contributed by atoms with Gasteiger partial charge in [-0.3, -0.25) is 0 Å². The average molecular weight is 148 g/mol. The van der Waals surface area contributed by atoms with E-state index >= 15 is 0 Å². The Kier molecular flexibility index (Phi) is 1.15. The molecule has 0 aromatic rings. The molecule has 2 aliphatic rings. The Morgan fingerprint density at radius 2 is 1.70 bits per heavy atom. The van der Waals surface area contributed by atoms with E-state index < -0.39 is 0 Å². The maximum absolute atomic E-state index is 4.31. The second-order valence-corrected chi connectivity index (χ2v) is 3.04. The molecule has 2 rings (SSSR count). The molecular weight excluding hydrogens is 140 g/mol. The molecule has 0 bridgehead atoms. The van der Waals surface area contributed by atoms with E-state index in [0.29, 0.717) is 0 Å². The predicted octanol–water partition coefficient (Wildman–Crippen LogP) is 2.63. The molecule has 2 aliphatic carbocycles. The van der Waals surface area contributed by atoms with E-state index in [1.807, 2.05) is 6.08 Å². The number of thiol groups is 1. The minimum atomic E-state index is 1.09. The number of fused-ring (bicyclic) bond motifs is 1. The van der Waals surface area contributed by atoms with Gasteiger partial charge in [0.2, 0.25) is 0 Å². The molecule has 1 heteroatoms. The van der Waals surface area contributed by atoms with Crippen LogP contribution < -0.4 is 0 Å². The fourth-order valence-corrected chi connectivity index (χ4v) is 1.57. The first-order chi connectivity index (χ1) is 4.79. The molecule has 0 fully saturated rings. The largest absolute Gasteiger partial charge is 0.143 e. The maximum atomic E-state index is 4.31. The third-order valence-corrected chi connectivity index (χ3v) is 2.29. The Hall–Kier alpha value is -0.690.